The van der Waals surface area contributed by atoms with E-state index in [2.05, 4.69) is 21.2 Å². The Morgan fingerprint density at radius 2 is 1.96 bits per heavy atom. The predicted octanol–water partition coefficient (Wildman–Crippen LogP) is 3.97. The van der Waals surface area contributed by atoms with Crippen LogP contribution in [0, 0.1) is 11.6 Å². The summed E-state index contributed by atoms with van der Waals surface area (Å²) in [5.74, 6) is -0.927. The Morgan fingerprint density at radius 1 is 1.22 bits per heavy atom. The highest BCUT2D eigenvalue weighted by Gasteiger charge is 2.19. The van der Waals surface area contributed by atoms with Gasteiger partial charge in [-0.1, -0.05) is 0 Å². The van der Waals surface area contributed by atoms with Crippen molar-refractivity contribution in [1.29, 1.82) is 0 Å². The molecule has 1 fully saturated rings. The maximum atomic E-state index is 14.4. The average molecular weight is 441 g/mol. The molecule has 1 amide bonds. The normalized spacial score (nSPS) is 15.3. The van der Waals surface area contributed by atoms with Crippen molar-refractivity contribution in [3.8, 4) is 5.75 Å². The molecule has 1 heterocycles. The third-order valence-electron chi connectivity index (χ3n) is 4.13. The number of ether oxygens (including phenoxy) is 2. The minimum atomic E-state index is -0.853. The molecule has 2 aromatic rings. The van der Waals surface area contributed by atoms with Gasteiger partial charge in [0.2, 0.25) is 0 Å². The van der Waals surface area contributed by atoms with E-state index in [4.69, 9.17) is 9.47 Å². The summed E-state index contributed by atoms with van der Waals surface area (Å²) in [6, 6.07) is 8.48. The van der Waals surface area contributed by atoms with Gasteiger partial charge in [-0.2, -0.15) is 0 Å². The topological polar surface area (TPSA) is 50.8 Å². The van der Waals surface area contributed by atoms with Crippen molar-refractivity contribution in [1.82, 2.24) is 0 Å². The summed E-state index contributed by atoms with van der Waals surface area (Å²) in [6.07, 6.45) is -0.853. The van der Waals surface area contributed by atoms with Crippen LogP contribution >= 0.6 is 15.9 Å². The van der Waals surface area contributed by atoms with Gasteiger partial charge in [0.25, 0.3) is 5.91 Å². The minimum Gasteiger partial charge on any atom is -0.480 e. The van der Waals surface area contributed by atoms with Gasteiger partial charge < -0.3 is 19.7 Å². The first kappa shape index (κ1) is 19.6. The van der Waals surface area contributed by atoms with Crippen LogP contribution in [0.2, 0.25) is 0 Å². The van der Waals surface area contributed by atoms with Crippen molar-refractivity contribution in [2.45, 2.75) is 13.0 Å². The highest BCUT2D eigenvalue weighted by atomic mass is 79.9. The van der Waals surface area contributed by atoms with Crippen LogP contribution < -0.4 is 15.0 Å². The fourth-order valence-corrected chi connectivity index (χ4v) is 3.15. The Bertz CT molecular complexity index is 829. The first-order chi connectivity index (χ1) is 12.9. The van der Waals surface area contributed by atoms with Gasteiger partial charge in [-0.3, -0.25) is 4.79 Å². The van der Waals surface area contributed by atoms with Crippen LogP contribution in [0.4, 0.5) is 20.2 Å². The summed E-state index contributed by atoms with van der Waals surface area (Å²) < 4.78 is 38.8. The number of carbonyl (C=O) groups excluding carboxylic acids is 1. The molecule has 1 N–H and O–H groups in total. The Hall–Kier alpha value is -2.19. The van der Waals surface area contributed by atoms with Crippen LogP contribution in [0.5, 0.6) is 5.75 Å². The summed E-state index contributed by atoms with van der Waals surface area (Å²) in [7, 11) is 0. The molecule has 0 radical (unpaired) electrons. The monoisotopic (exact) mass is 440 g/mol. The van der Waals surface area contributed by atoms with Gasteiger partial charge in [0.1, 0.15) is 17.4 Å². The van der Waals surface area contributed by atoms with E-state index >= 15 is 0 Å². The second-order valence-corrected chi connectivity index (χ2v) is 6.94. The van der Waals surface area contributed by atoms with Crippen molar-refractivity contribution in [2.24, 2.45) is 0 Å². The zero-order valence-electron chi connectivity index (χ0n) is 14.7. The molecule has 0 bridgehead atoms. The smallest absolute Gasteiger partial charge is 0.265 e. The summed E-state index contributed by atoms with van der Waals surface area (Å²) in [6.45, 7) is 3.93. The molecular weight excluding hydrogens is 422 g/mol. The molecule has 2 aromatic carbocycles. The van der Waals surface area contributed by atoms with E-state index in [1.807, 2.05) is 4.90 Å². The minimum absolute atomic E-state index is 0.336. The van der Waals surface area contributed by atoms with Crippen LogP contribution in [0.3, 0.4) is 0 Å². The number of nitrogens with zero attached hydrogens (tertiary/aromatic N) is 1. The molecule has 1 saturated heterocycles. The highest BCUT2D eigenvalue weighted by molar-refractivity contribution is 9.10. The van der Waals surface area contributed by atoms with Crippen LogP contribution in [0.25, 0.3) is 0 Å². The molecule has 144 valence electrons. The van der Waals surface area contributed by atoms with E-state index in [0.29, 0.717) is 47.9 Å². The van der Waals surface area contributed by atoms with Crippen LogP contribution in [0.15, 0.2) is 40.9 Å². The lowest BCUT2D eigenvalue weighted by atomic mass is 10.2. The summed E-state index contributed by atoms with van der Waals surface area (Å²) in [5.41, 5.74) is 0.818. The number of hydrogen-bond donors (Lipinski definition) is 1. The Morgan fingerprint density at radius 3 is 2.63 bits per heavy atom. The number of amides is 1. The van der Waals surface area contributed by atoms with E-state index < -0.39 is 23.6 Å². The van der Waals surface area contributed by atoms with E-state index in [9.17, 15) is 13.6 Å². The van der Waals surface area contributed by atoms with E-state index in [-0.39, 0.29) is 0 Å². The Kier molecular flexibility index (Phi) is 6.28. The van der Waals surface area contributed by atoms with Crippen molar-refractivity contribution >= 4 is 33.2 Å². The number of rotatable bonds is 5. The summed E-state index contributed by atoms with van der Waals surface area (Å²) in [4.78, 5) is 14.2. The van der Waals surface area contributed by atoms with Crippen LogP contribution in [-0.4, -0.2) is 38.3 Å². The van der Waals surface area contributed by atoms with Gasteiger partial charge in [0.15, 0.2) is 6.10 Å². The van der Waals surface area contributed by atoms with Gasteiger partial charge in [0, 0.05) is 18.8 Å². The number of halogens is 3. The van der Waals surface area contributed by atoms with E-state index in [1.165, 1.54) is 24.3 Å². The fourth-order valence-electron chi connectivity index (χ4n) is 2.70. The molecule has 0 saturated carbocycles. The number of morpholine rings is 1. The third-order valence-corrected chi connectivity index (χ3v) is 4.75. The number of carbonyl (C=O) groups is 1. The molecule has 3 rings (SSSR count). The maximum absolute atomic E-state index is 14.4. The zero-order valence-corrected chi connectivity index (χ0v) is 16.3. The lowest BCUT2D eigenvalue weighted by molar-refractivity contribution is -0.122. The number of anilines is 2. The van der Waals surface area contributed by atoms with Crippen molar-refractivity contribution < 1.29 is 23.0 Å². The van der Waals surface area contributed by atoms with Gasteiger partial charge >= 0.3 is 0 Å². The number of hydrogen-bond acceptors (Lipinski definition) is 4. The fraction of sp³-hybridized carbons (Fsp3) is 0.316. The van der Waals surface area contributed by atoms with Gasteiger partial charge in [0.05, 0.1) is 23.4 Å². The molecule has 5 nitrogen and oxygen atoms in total. The van der Waals surface area contributed by atoms with E-state index in [1.54, 1.807) is 19.1 Å². The maximum Gasteiger partial charge on any atom is 0.265 e. The Labute approximate surface area is 164 Å². The lowest BCUT2D eigenvalue weighted by Crippen LogP contribution is -2.36. The molecule has 0 aliphatic carbocycles. The van der Waals surface area contributed by atoms with E-state index in [0.717, 1.165) is 0 Å². The van der Waals surface area contributed by atoms with Crippen molar-refractivity contribution in [3.05, 3.63) is 52.5 Å². The standard InChI is InChI=1S/C19H19BrF2N2O3/c1-12(27-18-5-2-13(21)10-15(18)20)19(25)23-14-3-4-17(16(22)11-14)24-6-8-26-9-7-24/h2-5,10-12H,6-9H2,1H3,(H,23,25). The van der Waals surface area contributed by atoms with Crippen LogP contribution in [-0.2, 0) is 9.53 Å². The molecular formula is C19H19BrF2N2O3. The Balaban J connectivity index is 1.63. The molecule has 1 atom stereocenters. The first-order valence-corrected chi connectivity index (χ1v) is 9.28. The van der Waals surface area contributed by atoms with Gasteiger partial charge in [-0.25, -0.2) is 8.78 Å². The highest BCUT2D eigenvalue weighted by Crippen LogP contribution is 2.27. The molecule has 0 spiro atoms. The molecule has 0 aromatic heterocycles. The zero-order chi connectivity index (χ0) is 19.4. The van der Waals surface area contributed by atoms with Gasteiger partial charge in [-0.15, -0.1) is 0 Å². The summed E-state index contributed by atoms with van der Waals surface area (Å²) in [5, 5.41) is 2.63. The molecule has 1 aliphatic rings. The number of benzene rings is 2. The summed E-state index contributed by atoms with van der Waals surface area (Å²) >= 11 is 3.19. The second kappa shape index (κ2) is 8.67. The predicted molar refractivity (Wildman–Crippen MR) is 102 cm³/mol. The molecule has 1 aliphatic heterocycles. The molecule has 27 heavy (non-hydrogen) atoms. The second-order valence-electron chi connectivity index (χ2n) is 6.09. The van der Waals surface area contributed by atoms with Crippen molar-refractivity contribution in [3.63, 3.8) is 0 Å². The third kappa shape index (κ3) is 4.95. The molecule has 8 heteroatoms. The molecule has 1 unspecified atom stereocenters. The average Bonchev–Trinajstić information content (AvgIpc) is 2.64. The van der Waals surface area contributed by atoms with Gasteiger partial charge in [-0.05, 0) is 59.3 Å². The largest absolute Gasteiger partial charge is 0.480 e. The SMILES string of the molecule is CC(Oc1ccc(F)cc1Br)C(=O)Nc1ccc(N2CCOCC2)c(F)c1. The lowest BCUT2D eigenvalue weighted by Gasteiger charge is -2.29. The van der Waals surface area contributed by atoms with Crippen molar-refractivity contribution in [2.75, 3.05) is 36.5 Å². The van der Waals surface area contributed by atoms with Crippen LogP contribution in [0.1, 0.15) is 6.92 Å². The number of nitrogens with one attached hydrogen (secondary N) is 1. The quantitative estimate of drug-likeness (QED) is 0.763. The first-order valence-electron chi connectivity index (χ1n) is 8.49.